The van der Waals surface area contributed by atoms with Gasteiger partial charge < -0.3 is 10.8 Å². The first-order valence-corrected chi connectivity index (χ1v) is 2.36. The molecule has 0 aliphatic rings. The van der Waals surface area contributed by atoms with Gasteiger partial charge in [-0.05, 0) is 0 Å². The number of H-pyrrole nitrogens is 1. The van der Waals surface area contributed by atoms with E-state index in [1.807, 2.05) is 5.32 Å². The minimum atomic E-state index is -1.21. The van der Waals surface area contributed by atoms with Gasteiger partial charge in [-0.2, -0.15) is 0 Å². The third kappa shape index (κ3) is 1.13. The van der Waals surface area contributed by atoms with Gasteiger partial charge in [0.05, 0.1) is 0 Å². The van der Waals surface area contributed by atoms with Crippen molar-refractivity contribution in [1.29, 1.82) is 0 Å². The normalized spacial score (nSPS) is 9.20. The topological polar surface area (TPSA) is 117 Å². The molecule has 7 nitrogen and oxygen atoms in total. The summed E-state index contributed by atoms with van der Waals surface area (Å²) in [4.78, 5) is 9.98. The minimum Gasteiger partial charge on any atom is -0.465 e. The summed E-state index contributed by atoms with van der Waals surface area (Å²) < 4.78 is 0. The predicted molar refractivity (Wildman–Crippen MR) is 32.4 cm³/mol. The summed E-state index contributed by atoms with van der Waals surface area (Å²) in [5, 5.41) is 19.0. The van der Waals surface area contributed by atoms with Crippen molar-refractivity contribution in [3.63, 3.8) is 0 Å². The smallest absolute Gasteiger partial charge is 0.410 e. The molecule has 5 N–H and O–H groups in total. The number of nitrogens with two attached hydrogens (primary N) is 1. The molecule has 0 fully saturated rings. The molecule has 0 spiro atoms. The maximum Gasteiger partial charge on any atom is 0.410 e. The number of hydrogen-bond acceptors (Lipinski definition) is 4. The first-order valence-electron chi connectivity index (χ1n) is 2.36. The SMILES string of the molecule is Nc1nn[nH]c1NC(=O)O. The Kier molecular flexibility index (Phi) is 1.40. The summed E-state index contributed by atoms with van der Waals surface area (Å²) in [6, 6.07) is 0. The lowest BCUT2D eigenvalue weighted by atomic mass is 10.6. The van der Waals surface area contributed by atoms with Crippen LogP contribution < -0.4 is 11.1 Å². The molecule has 0 saturated carbocycles. The number of nitrogens with one attached hydrogen (secondary N) is 2. The molecule has 1 aromatic heterocycles. The van der Waals surface area contributed by atoms with Crippen molar-refractivity contribution < 1.29 is 9.90 Å². The molecular formula is C3H5N5O2. The molecule has 1 aromatic rings. The van der Waals surface area contributed by atoms with Gasteiger partial charge >= 0.3 is 6.09 Å². The molecule has 0 radical (unpaired) electrons. The van der Waals surface area contributed by atoms with Crippen LogP contribution in [0.25, 0.3) is 0 Å². The molecule has 0 bridgehead atoms. The van der Waals surface area contributed by atoms with E-state index in [-0.39, 0.29) is 11.6 Å². The molecule has 0 aliphatic carbocycles. The average molecular weight is 143 g/mol. The summed E-state index contributed by atoms with van der Waals surface area (Å²) in [5.74, 6) is 0.120. The number of hydrogen-bond donors (Lipinski definition) is 4. The lowest BCUT2D eigenvalue weighted by Crippen LogP contribution is -2.09. The predicted octanol–water partition coefficient (Wildman–Crippen LogP) is -0.523. The summed E-state index contributed by atoms with van der Waals surface area (Å²) in [7, 11) is 0. The van der Waals surface area contributed by atoms with Crippen LogP contribution in [-0.2, 0) is 0 Å². The third-order valence-electron chi connectivity index (χ3n) is 0.808. The number of nitrogens with zero attached hydrogens (tertiary/aromatic N) is 2. The fourth-order valence-corrected chi connectivity index (χ4v) is 0.435. The molecule has 1 heterocycles. The van der Waals surface area contributed by atoms with Crippen LogP contribution in [0.15, 0.2) is 0 Å². The summed E-state index contributed by atoms with van der Waals surface area (Å²) in [6.45, 7) is 0. The van der Waals surface area contributed by atoms with Crippen molar-refractivity contribution in [3.8, 4) is 0 Å². The van der Waals surface area contributed by atoms with E-state index in [4.69, 9.17) is 10.8 Å². The second-order valence-electron chi connectivity index (χ2n) is 1.50. The van der Waals surface area contributed by atoms with E-state index in [2.05, 4.69) is 15.4 Å². The van der Waals surface area contributed by atoms with Crippen LogP contribution in [0.2, 0.25) is 0 Å². The number of amides is 1. The van der Waals surface area contributed by atoms with E-state index in [1.54, 1.807) is 0 Å². The molecule has 1 amide bonds. The molecule has 0 aliphatic heterocycles. The highest BCUT2D eigenvalue weighted by atomic mass is 16.4. The van der Waals surface area contributed by atoms with Gasteiger partial charge in [0, 0.05) is 0 Å². The number of carbonyl (C=O) groups is 1. The first kappa shape index (κ1) is 6.33. The Morgan fingerprint density at radius 3 is 2.90 bits per heavy atom. The number of rotatable bonds is 1. The van der Waals surface area contributed by atoms with E-state index in [0.717, 1.165) is 0 Å². The van der Waals surface area contributed by atoms with Crippen molar-refractivity contribution in [2.45, 2.75) is 0 Å². The highest BCUT2D eigenvalue weighted by molar-refractivity contribution is 5.84. The highest BCUT2D eigenvalue weighted by Gasteiger charge is 2.04. The Hall–Kier alpha value is -1.79. The molecule has 0 saturated heterocycles. The maximum absolute atomic E-state index is 9.98. The van der Waals surface area contributed by atoms with E-state index in [1.165, 1.54) is 0 Å². The monoisotopic (exact) mass is 143 g/mol. The second-order valence-corrected chi connectivity index (χ2v) is 1.50. The lowest BCUT2D eigenvalue weighted by Gasteiger charge is -1.93. The number of carboxylic acid groups (broad SMARTS) is 1. The molecule has 10 heavy (non-hydrogen) atoms. The zero-order chi connectivity index (χ0) is 7.56. The van der Waals surface area contributed by atoms with E-state index in [9.17, 15) is 4.79 Å². The number of aromatic amines is 1. The van der Waals surface area contributed by atoms with Crippen LogP contribution in [0.3, 0.4) is 0 Å². The Bertz CT molecular complexity index is 243. The molecule has 1 rings (SSSR count). The van der Waals surface area contributed by atoms with E-state index < -0.39 is 6.09 Å². The first-order chi connectivity index (χ1) is 4.70. The Balaban J connectivity index is 2.74. The van der Waals surface area contributed by atoms with Crippen LogP contribution in [0, 0.1) is 0 Å². The van der Waals surface area contributed by atoms with Gasteiger partial charge in [-0.15, -0.1) is 5.10 Å². The summed E-state index contributed by atoms with van der Waals surface area (Å²) >= 11 is 0. The van der Waals surface area contributed by atoms with Gasteiger partial charge in [-0.3, -0.25) is 5.32 Å². The minimum absolute atomic E-state index is 0.0300. The zero-order valence-electron chi connectivity index (χ0n) is 4.83. The van der Waals surface area contributed by atoms with E-state index >= 15 is 0 Å². The lowest BCUT2D eigenvalue weighted by molar-refractivity contribution is 0.209. The Labute approximate surface area is 55.2 Å². The van der Waals surface area contributed by atoms with Crippen molar-refractivity contribution in [3.05, 3.63) is 0 Å². The number of nitrogen functional groups attached to an aromatic ring is 1. The van der Waals surface area contributed by atoms with Crippen LogP contribution in [0.1, 0.15) is 0 Å². The average Bonchev–Trinajstić information content (AvgIpc) is 2.15. The Morgan fingerprint density at radius 1 is 1.80 bits per heavy atom. The van der Waals surface area contributed by atoms with Crippen molar-refractivity contribution in [1.82, 2.24) is 15.4 Å². The van der Waals surface area contributed by atoms with Crippen LogP contribution in [-0.4, -0.2) is 26.6 Å². The molecule has 7 heteroatoms. The van der Waals surface area contributed by atoms with E-state index in [0.29, 0.717) is 0 Å². The molecule has 0 unspecified atom stereocenters. The molecular weight excluding hydrogens is 138 g/mol. The largest absolute Gasteiger partial charge is 0.465 e. The van der Waals surface area contributed by atoms with Gasteiger partial charge in [0.1, 0.15) is 0 Å². The van der Waals surface area contributed by atoms with Crippen molar-refractivity contribution in [2.24, 2.45) is 0 Å². The van der Waals surface area contributed by atoms with Gasteiger partial charge in [0.15, 0.2) is 11.6 Å². The number of anilines is 2. The maximum atomic E-state index is 9.98. The quantitative estimate of drug-likeness (QED) is 0.421. The zero-order valence-corrected chi connectivity index (χ0v) is 4.83. The van der Waals surface area contributed by atoms with Gasteiger partial charge in [-0.1, -0.05) is 5.21 Å². The van der Waals surface area contributed by atoms with Gasteiger partial charge in [-0.25, -0.2) is 9.89 Å². The van der Waals surface area contributed by atoms with Crippen molar-refractivity contribution in [2.75, 3.05) is 11.1 Å². The Morgan fingerprint density at radius 2 is 2.50 bits per heavy atom. The fourth-order valence-electron chi connectivity index (χ4n) is 0.435. The standard InChI is InChI=1S/C3H5N5O2/c4-1-2(5-3(9)10)7-8-6-1/h(H,9,10)(H4,4,5,6,7,8). The molecule has 0 aromatic carbocycles. The summed E-state index contributed by atoms with van der Waals surface area (Å²) in [6.07, 6.45) is -1.21. The number of aromatic nitrogens is 3. The van der Waals surface area contributed by atoms with Crippen molar-refractivity contribution >= 4 is 17.7 Å². The molecule has 54 valence electrons. The fraction of sp³-hybridized carbons (Fsp3) is 0. The third-order valence-corrected chi connectivity index (χ3v) is 0.808. The van der Waals surface area contributed by atoms with Gasteiger partial charge in [0.25, 0.3) is 0 Å². The van der Waals surface area contributed by atoms with Gasteiger partial charge in [0.2, 0.25) is 0 Å². The van der Waals surface area contributed by atoms with Crippen LogP contribution >= 0.6 is 0 Å². The molecule has 0 atom stereocenters. The van der Waals surface area contributed by atoms with Crippen LogP contribution in [0.5, 0.6) is 0 Å². The highest BCUT2D eigenvalue weighted by Crippen LogP contribution is 2.07. The second kappa shape index (κ2) is 2.21. The van der Waals surface area contributed by atoms with Crippen LogP contribution in [0.4, 0.5) is 16.4 Å². The summed E-state index contributed by atoms with van der Waals surface area (Å²) in [5.41, 5.74) is 5.16.